The van der Waals surface area contributed by atoms with Gasteiger partial charge in [-0.25, -0.2) is 9.07 Å². The lowest BCUT2D eigenvalue weighted by atomic mass is 10.1. The number of halogens is 2. The van der Waals surface area contributed by atoms with Crippen LogP contribution >= 0.6 is 11.6 Å². The predicted molar refractivity (Wildman–Crippen MR) is 146 cm³/mol. The number of hydrogen-bond acceptors (Lipinski definition) is 6. The molecule has 0 unspecified atom stereocenters. The Labute approximate surface area is 227 Å². The van der Waals surface area contributed by atoms with Crippen molar-refractivity contribution in [3.8, 4) is 16.9 Å². The van der Waals surface area contributed by atoms with Crippen LogP contribution < -0.4 is 16.4 Å². The number of carbonyl (C=O) groups is 2. The molecular formula is C28H21ClFN7O2. The van der Waals surface area contributed by atoms with Gasteiger partial charge in [-0.05, 0) is 48.5 Å². The van der Waals surface area contributed by atoms with Gasteiger partial charge in [0.15, 0.2) is 5.69 Å². The minimum Gasteiger partial charge on any atom is -0.397 e. The van der Waals surface area contributed by atoms with Crippen LogP contribution in [0.3, 0.4) is 0 Å². The largest absolute Gasteiger partial charge is 0.397 e. The first-order valence-corrected chi connectivity index (χ1v) is 12.1. The lowest BCUT2D eigenvalue weighted by molar-refractivity contribution is 0.0944. The van der Waals surface area contributed by atoms with E-state index < -0.39 is 17.6 Å². The molecule has 194 valence electrons. The third-order valence-corrected chi connectivity index (χ3v) is 6.08. The molecule has 2 aromatic carbocycles. The van der Waals surface area contributed by atoms with Gasteiger partial charge in [-0.2, -0.15) is 5.10 Å². The SMILES string of the molecule is Nc1cccnc1CNC(=O)c1cc(NC(=O)c2cc(-c3ccccn3)c(F)cc2Cl)n(-c2ccccc2)n1. The standard InChI is InChI=1S/C28H21ClFN7O2/c29-20-14-21(30)19(23-10-4-5-11-32-23)13-18(20)27(38)35-26-15-24(36-37(26)17-7-2-1-3-8-17)28(39)34-16-25-22(31)9-6-12-33-25/h1-15H,16,31H2,(H,34,39)(H,35,38). The van der Waals surface area contributed by atoms with Crippen LogP contribution in [0.4, 0.5) is 15.9 Å². The normalized spacial score (nSPS) is 10.7. The Hall–Kier alpha value is -5.09. The number of nitrogens with two attached hydrogens (primary N) is 1. The van der Waals surface area contributed by atoms with Crippen LogP contribution in [0.25, 0.3) is 16.9 Å². The van der Waals surface area contributed by atoms with Crippen molar-refractivity contribution < 1.29 is 14.0 Å². The van der Waals surface area contributed by atoms with Crippen molar-refractivity contribution in [2.45, 2.75) is 6.54 Å². The molecule has 0 aliphatic heterocycles. The lowest BCUT2D eigenvalue weighted by Gasteiger charge is -2.11. The molecule has 5 rings (SSSR count). The van der Waals surface area contributed by atoms with Gasteiger partial charge in [0.2, 0.25) is 0 Å². The molecule has 0 saturated carbocycles. The second-order valence-corrected chi connectivity index (χ2v) is 8.77. The Balaban J connectivity index is 1.45. The van der Waals surface area contributed by atoms with Crippen LogP contribution in [-0.4, -0.2) is 31.6 Å². The number of amides is 2. The fourth-order valence-electron chi connectivity index (χ4n) is 3.82. The number of nitrogens with one attached hydrogen (secondary N) is 2. The van der Waals surface area contributed by atoms with E-state index in [0.29, 0.717) is 22.8 Å². The molecule has 0 aliphatic rings. The van der Waals surface area contributed by atoms with Gasteiger partial charge in [0.25, 0.3) is 11.8 Å². The van der Waals surface area contributed by atoms with Gasteiger partial charge >= 0.3 is 0 Å². The Morgan fingerprint density at radius 2 is 1.69 bits per heavy atom. The topological polar surface area (TPSA) is 128 Å². The van der Waals surface area contributed by atoms with E-state index >= 15 is 0 Å². The van der Waals surface area contributed by atoms with Crippen LogP contribution in [0, 0.1) is 5.82 Å². The van der Waals surface area contributed by atoms with E-state index in [0.717, 1.165) is 6.07 Å². The van der Waals surface area contributed by atoms with E-state index in [-0.39, 0.29) is 34.2 Å². The van der Waals surface area contributed by atoms with Gasteiger partial charge in [0.05, 0.1) is 39.9 Å². The highest BCUT2D eigenvalue weighted by Crippen LogP contribution is 2.28. The second-order valence-electron chi connectivity index (χ2n) is 8.37. The Morgan fingerprint density at radius 1 is 0.923 bits per heavy atom. The van der Waals surface area contributed by atoms with Crippen molar-refractivity contribution in [1.29, 1.82) is 0 Å². The third-order valence-electron chi connectivity index (χ3n) is 5.77. The molecule has 0 fully saturated rings. The van der Waals surface area contributed by atoms with Crippen molar-refractivity contribution in [3.63, 3.8) is 0 Å². The molecule has 9 nitrogen and oxygen atoms in total. The molecule has 0 saturated heterocycles. The summed E-state index contributed by atoms with van der Waals surface area (Å²) in [7, 11) is 0. The summed E-state index contributed by atoms with van der Waals surface area (Å²) in [4.78, 5) is 34.6. The van der Waals surface area contributed by atoms with Gasteiger partial charge < -0.3 is 16.4 Å². The maximum atomic E-state index is 14.7. The van der Waals surface area contributed by atoms with E-state index in [1.54, 1.807) is 60.8 Å². The number of aromatic nitrogens is 4. The summed E-state index contributed by atoms with van der Waals surface area (Å²) in [6.07, 6.45) is 3.10. The quantitative estimate of drug-likeness (QED) is 0.269. The molecule has 0 atom stereocenters. The summed E-state index contributed by atoms with van der Waals surface area (Å²) in [6.45, 7) is 0.0902. The van der Waals surface area contributed by atoms with Crippen molar-refractivity contribution in [2.24, 2.45) is 0 Å². The molecule has 11 heteroatoms. The maximum Gasteiger partial charge on any atom is 0.272 e. The van der Waals surface area contributed by atoms with Crippen molar-refractivity contribution in [3.05, 3.63) is 119 Å². The Morgan fingerprint density at radius 3 is 2.44 bits per heavy atom. The lowest BCUT2D eigenvalue weighted by Crippen LogP contribution is -2.24. The zero-order valence-corrected chi connectivity index (χ0v) is 21.1. The summed E-state index contributed by atoms with van der Waals surface area (Å²) in [5.74, 6) is -1.53. The minimum absolute atomic E-state index is 0.0242. The maximum absolute atomic E-state index is 14.7. The molecular weight excluding hydrogens is 521 g/mol. The van der Waals surface area contributed by atoms with Gasteiger partial charge in [-0.3, -0.25) is 19.6 Å². The first kappa shape index (κ1) is 25.6. The molecule has 5 aromatic rings. The first-order chi connectivity index (χ1) is 18.9. The van der Waals surface area contributed by atoms with E-state index in [1.165, 1.54) is 23.0 Å². The fraction of sp³-hybridized carbons (Fsp3) is 0.0357. The average Bonchev–Trinajstić information content (AvgIpc) is 3.37. The minimum atomic E-state index is -0.623. The zero-order chi connectivity index (χ0) is 27.4. The van der Waals surface area contributed by atoms with E-state index in [9.17, 15) is 14.0 Å². The Kier molecular flexibility index (Phi) is 7.28. The van der Waals surface area contributed by atoms with Crippen molar-refractivity contribution in [2.75, 3.05) is 11.1 Å². The van der Waals surface area contributed by atoms with E-state index in [2.05, 4.69) is 25.7 Å². The van der Waals surface area contributed by atoms with Crippen LogP contribution in [0.2, 0.25) is 5.02 Å². The fourth-order valence-corrected chi connectivity index (χ4v) is 4.06. The number of anilines is 2. The second kappa shape index (κ2) is 11.1. The smallest absolute Gasteiger partial charge is 0.272 e. The van der Waals surface area contributed by atoms with Crippen LogP contribution in [0.5, 0.6) is 0 Å². The number of carbonyl (C=O) groups excluding carboxylic acids is 2. The highest BCUT2D eigenvalue weighted by molar-refractivity contribution is 6.34. The first-order valence-electron chi connectivity index (χ1n) is 11.8. The van der Waals surface area contributed by atoms with Crippen molar-refractivity contribution >= 4 is 34.9 Å². The highest BCUT2D eigenvalue weighted by Gasteiger charge is 2.21. The summed E-state index contributed by atoms with van der Waals surface area (Å²) in [5, 5.41) is 9.80. The van der Waals surface area contributed by atoms with Crippen LogP contribution in [-0.2, 0) is 6.54 Å². The third kappa shape index (κ3) is 5.60. The molecule has 39 heavy (non-hydrogen) atoms. The number of rotatable bonds is 7. The van der Waals surface area contributed by atoms with Gasteiger partial charge in [0.1, 0.15) is 11.6 Å². The number of pyridine rings is 2. The monoisotopic (exact) mass is 541 g/mol. The van der Waals surface area contributed by atoms with Gasteiger partial charge in [0, 0.05) is 24.0 Å². The number of para-hydroxylation sites is 1. The summed E-state index contributed by atoms with van der Waals surface area (Å²) in [6, 6.07) is 21.2. The molecule has 3 aromatic heterocycles. The zero-order valence-electron chi connectivity index (χ0n) is 20.3. The summed E-state index contributed by atoms with van der Waals surface area (Å²) < 4.78 is 16.1. The number of benzene rings is 2. The molecule has 0 bridgehead atoms. The molecule has 0 aliphatic carbocycles. The van der Waals surface area contributed by atoms with Crippen LogP contribution in [0.1, 0.15) is 26.5 Å². The number of nitrogens with zero attached hydrogens (tertiary/aromatic N) is 4. The molecule has 3 heterocycles. The average molecular weight is 542 g/mol. The van der Waals surface area contributed by atoms with Gasteiger partial charge in [-0.15, -0.1) is 0 Å². The van der Waals surface area contributed by atoms with E-state index in [4.69, 9.17) is 17.3 Å². The van der Waals surface area contributed by atoms with E-state index in [1.807, 2.05) is 6.07 Å². The number of nitrogen functional groups attached to an aromatic ring is 1. The summed E-state index contributed by atoms with van der Waals surface area (Å²) >= 11 is 6.25. The van der Waals surface area contributed by atoms with Gasteiger partial charge in [-0.1, -0.05) is 35.9 Å². The predicted octanol–water partition coefficient (Wildman–Crippen LogP) is 4.89. The molecule has 0 spiro atoms. The molecule has 4 N–H and O–H groups in total. The number of hydrogen-bond donors (Lipinski definition) is 3. The Bertz CT molecular complexity index is 1660. The molecule has 0 radical (unpaired) electrons. The molecule has 2 amide bonds. The summed E-state index contributed by atoms with van der Waals surface area (Å²) in [5.41, 5.74) is 8.00. The van der Waals surface area contributed by atoms with Crippen LogP contribution in [0.15, 0.2) is 91.3 Å². The highest BCUT2D eigenvalue weighted by atomic mass is 35.5. The van der Waals surface area contributed by atoms with Crippen molar-refractivity contribution in [1.82, 2.24) is 25.1 Å².